The molecule has 3 fully saturated rings. The van der Waals surface area contributed by atoms with Gasteiger partial charge in [-0.05, 0) is 31.6 Å². The number of fused-ring (bicyclic) bond motifs is 1. The van der Waals surface area contributed by atoms with Crippen LogP contribution in [0.3, 0.4) is 0 Å². The van der Waals surface area contributed by atoms with Crippen molar-refractivity contribution in [1.82, 2.24) is 10.2 Å². The first-order valence-electron chi connectivity index (χ1n) is 8.03. The van der Waals surface area contributed by atoms with Crippen molar-refractivity contribution >= 4 is 11.9 Å². The van der Waals surface area contributed by atoms with Gasteiger partial charge in [0, 0.05) is 19.0 Å². The molecule has 3 aliphatic rings. The van der Waals surface area contributed by atoms with Gasteiger partial charge in [-0.2, -0.15) is 0 Å². The molecule has 0 radical (unpaired) electrons. The van der Waals surface area contributed by atoms with Crippen LogP contribution in [0, 0.1) is 5.92 Å². The van der Waals surface area contributed by atoms with Crippen LogP contribution in [0.1, 0.15) is 44.9 Å². The second-order valence-corrected chi connectivity index (χ2v) is 6.68. The molecule has 5 atom stereocenters. The van der Waals surface area contributed by atoms with Crippen molar-refractivity contribution in [2.75, 3.05) is 6.54 Å². The van der Waals surface area contributed by atoms with E-state index < -0.39 is 18.1 Å². The Balaban J connectivity index is 1.66. The van der Waals surface area contributed by atoms with Gasteiger partial charge < -0.3 is 20.4 Å². The van der Waals surface area contributed by atoms with Crippen LogP contribution in [0.4, 0.5) is 0 Å². The summed E-state index contributed by atoms with van der Waals surface area (Å²) >= 11 is 0. The Hall–Kier alpha value is -1.14. The molecule has 2 heterocycles. The van der Waals surface area contributed by atoms with Crippen molar-refractivity contribution < 1.29 is 19.8 Å². The predicted molar refractivity (Wildman–Crippen MR) is 75.7 cm³/mol. The Morgan fingerprint density at radius 1 is 1.10 bits per heavy atom. The van der Waals surface area contributed by atoms with E-state index in [4.69, 9.17) is 0 Å². The quantitative estimate of drug-likeness (QED) is 0.684. The number of carbonyl (C=O) groups excluding carboxylic acids is 1. The van der Waals surface area contributed by atoms with Crippen molar-refractivity contribution in [3.63, 3.8) is 0 Å². The third-order valence-electron chi connectivity index (χ3n) is 5.30. The molecule has 1 amide bonds. The minimum atomic E-state index is -1.02. The lowest BCUT2D eigenvalue weighted by atomic mass is 9.77. The highest BCUT2D eigenvalue weighted by Gasteiger charge is 2.43. The lowest BCUT2D eigenvalue weighted by molar-refractivity contribution is -0.149. The van der Waals surface area contributed by atoms with Crippen LogP contribution >= 0.6 is 0 Å². The number of likely N-dealkylation sites (tertiary alicyclic amines) is 1. The Bertz CT molecular complexity index is 428. The summed E-state index contributed by atoms with van der Waals surface area (Å²) in [7, 11) is 0. The van der Waals surface area contributed by atoms with E-state index >= 15 is 0 Å². The van der Waals surface area contributed by atoms with Gasteiger partial charge in [-0.1, -0.05) is 12.8 Å². The largest absolute Gasteiger partial charge is 0.480 e. The molecular weight excluding hydrogens is 272 g/mol. The third kappa shape index (κ3) is 2.92. The van der Waals surface area contributed by atoms with Crippen molar-refractivity contribution in [1.29, 1.82) is 0 Å². The van der Waals surface area contributed by atoms with Crippen LogP contribution in [-0.2, 0) is 9.59 Å². The first-order valence-corrected chi connectivity index (χ1v) is 8.03. The van der Waals surface area contributed by atoms with Gasteiger partial charge in [-0.3, -0.25) is 4.79 Å². The number of carboxylic acid groups (broad SMARTS) is 1. The summed E-state index contributed by atoms with van der Waals surface area (Å²) in [6, 6.07) is -0.757. The number of rotatable bonds is 2. The van der Waals surface area contributed by atoms with Gasteiger partial charge in [0.15, 0.2) is 0 Å². The summed E-state index contributed by atoms with van der Waals surface area (Å²) in [4.78, 5) is 25.2. The van der Waals surface area contributed by atoms with Crippen molar-refractivity contribution in [3.8, 4) is 0 Å². The Morgan fingerprint density at radius 2 is 1.86 bits per heavy atom. The topological polar surface area (TPSA) is 89.9 Å². The molecule has 1 aliphatic carbocycles. The fraction of sp³-hybridized carbons (Fsp3) is 0.867. The number of nitrogens with zero attached hydrogens (tertiary/aromatic N) is 1. The van der Waals surface area contributed by atoms with Crippen LogP contribution in [-0.4, -0.2) is 57.8 Å². The number of piperidine rings is 1. The fourth-order valence-corrected chi connectivity index (χ4v) is 4.18. The van der Waals surface area contributed by atoms with E-state index in [1.807, 2.05) is 0 Å². The SMILES string of the molecule is O=C(O)[C@@H]1C[C@H](O)CN1C(=O)C1CCC2CCCCC2N1. The van der Waals surface area contributed by atoms with E-state index in [0.717, 1.165) is 19.3 Å². The fourth-order valence-electron chi connectivity index (χ4n) is 4.18. The summed E-state index contributed by atoms with van der Waals surface area (Å²) in [5.41, 5.74) is 0. The molecule has 0 spiro atoms. The highest BCUT2D eigenvalue weighted by molar-refractivity contribution is 5.87. The maximum absolute atomic E-state index is 12.6. The van der Waals surface area contributed by atoms with E-state index in [-0.39, 0.29) is 24.9 Å². The Kier molecular flexibility index (Phi) is 4.17. The van der Waals surface area contributed by atoms with Gasteiger partial charge in [0.2, 0.25) is 5.91 Å². The molecular formula is C15H24N2O4. The zero-order valence-electron chi connectivity index (χ0n) is 12.2. The number of aliphatic carboxylic acids is 1. The molecule has 0 aromatic carbocycles. The summed E-state index contributed by atoms with van der Waals surface area (Å²) in [6.07, 6.45) is 6.07. The second-order valence-electron chi connectivity index (χ2n) is 6.68. The summed E-state index contributed by atoms with van der Waals surface area (Å²) in [6.45, 7) is 0.141. The minimum Gasteiger partial charge on any atom is -0.480 e. The van der Waals surface area contributed by atoms with Gasteiger partial charge in [0.25, 0.3) is 0 Å². The Morgan fingerprint density at radius 3 is 2.62 bits per heavy atom. The molecule has 0 aromatic heterocycles. The van der Waals surface area contributed by atoms with Crippen molar-refractivity contribution in [2.24, 2.45) is 5.92 Å². The van der Waals surface area contributed by atoms with Crippen LogP contribution in [0.25, 0.3) is 0 Å². The van der Waals surface area contributed by atoms with Crippen molar-refractivity contribution in [2.45, 2.75) is 69.2 Å². The molecule has 6 nitrogen and oxygen atoms in total. The van der Waals surface area contributed by atoms with Crippen LogP contribution < -0.4 is 5.32 Å². The molecule has 1 saturated carbocycles. The normalized spacial score (nSPS) is 39.9. The molecule has 2 saturated heterocycles. The first-order chi connectivity index (χ1) is 10.1. The number of hydrogen-bond donors (Lipinski definition) is 3. The van der Waals surface area contributed by atoms with Gasteiger partial charge >= 0.3 is 5.97 Å². The number of aliphatic hydroxyl groups is 1. The van der Waals surface area contributed by atoms with E-state index in [9.17, 15) is 19.8 Å². The van der Waals surface area contributed by atoms with Crippen LogP contribution in [0.15, 0.2) is 0 Å². The standard InChI is InChI=1S/C15H24N2O4/c18-10-7-13(15(20)21)17(8-10)14(19)12-6-5-9-3-1-2-4-11(9)16-12/h9-13,16,18H,1-8H2,(H,20,21)/t9?,10-,11?,12?,13-/m0/s1. The van der Waals surface area contributed by atoms with Gasteiger partial charge in [0.05, 0.1) is 12.1 Å². The maximum Gasteiger partial charge on any atom is 0.326 e. The predicted octanol–water partition coefficient (Wildman–Crippen LogP) is 0.344. The number of amides is 1. The van der Waals surface area contributed by atoms with E-state index in [1.165, 1.54) is 24.2 Å². The van der Waals surface area contributed by atoms with Gasteiger partial charge in [-0.15, -0.1) is 0 Å². The van der Waals surface area contributed by atoms with Gasteiger partial charge in [0.1, 0.15) is 6.04 Å². The Labute approximate surface area is 124 Å². The number of nitrogens with one attached hydrogen (secondary N) is 1. The van der Waals surface area contributed by atoms with E-state index in [0.29, 0.717) is 12.0 Å². The van der Waals surface area contributed by atoms with Crippen LogP contribution in [0.2, 0.25) is 0 Å². The average Bonchev–Trinajstić information content (AvgIpc) is 2.88. The molecule has 3 rings (SSSR count). The van der Waals surface area contributed by atoms with E-state index in [2.05, 4.69) is 5.32 Å². The molecule has 0 aromatic rings. The van der Waals surface area contributed by atoms with Gasteiger partial charge in [-0.25, -0.2) is 4.79 Å². The minimum absolute atomic E-state index is 0.139. The number of carbonyl (C=O) groups is 2. The highest BCUT2D eigenvalue weighted by Crippen LogP contribution is 2.33. The summed E-state index contributed by atoms with van der Waals surface area (Å²) < 4.78 is 0. The second kappa shape index (κ2) is 5.93. The highest BCUT2D eigenvalue weighted by atomic mass is 16.4. The number of carboxylic acids is 1. The van der Waals surface area contributed by atoms with Crippen LogP contribution in [0.5, 0.6) is 0 Å². The zero-order chi connectivity index (χ0) is 15.0. The molecule has 3 N–H and O–H groups in total. The number of aliphatic hydroxyl groups excluding tert-OH is 1. The number of hydrogen-bond acceptors (Lipinski definition) is 4. The molecule has 6 heteroatoms. The monoisotopic (exact) mass is 296 g/mol. The number of β-amino-alcohol motifs (C(OH)–C–C–N with tert-alkyl or cyclic N) is 1. The molecule has 0 bridgehead atoms. The maximum atomic E-state index is 12.6. The smallest absolute Gasteiger partial charge is 0.326 e. The lowest BCUT2D eigenvalue weighted by Gasteiger charge is -2.41. The third-order valence-corrected chi connectivity index (χ3v) is 5.30. The molecule has 118 valence electrons. The lowest BCUT2D eigenvalue weighted by Crippen LogP contribution is -2.57. The van der Waals surface area contributed by atoms with Crippen molar-refractivity contribution in [3.05, 3.63) is 0 Å². The first kappa shape index (κ1) is 14.8. The molecule has 3 unspecified atom stereocenters. The zero-order valence-corrected chi connectivity index (χ0v) is 12.2. The van der Waals surface area contributed by atoms with E-state index in [1.54, 1.807) is 0 Å². The molecule has 2 aliphatic heterocycles. The molecule has 21 heavy (non-hydrogen) atoms. The summed E-state index contributed by atoms with van der Waals surface area (Å²) in [5, 5.41) is 22.3. The average molecular weight is 296 g/mol. The summed E-state index contributed by atoms with van der Waals surface area (Å²) in [5.74, 6) is -0.503.